The third kappa shape index (κ3) is 6.58. The van der Waals surface area contributed by atoms with Gasteiger partial charge in [-0.1, -0.05) is 26.1 Å². The molecule has 0 saturated carbocycles. The molecule has 6 heteroatoms. The molecule has 1 aliphatic rings. The van der Waals surface area contributed by atoms with E-state index in [0.29, 0.717) is 29.2 Å². The van der Waals surface area contributed by atoms with E-state index in [0.717, 1.165) is 25.3 Å². The second kappa shape index (κ2) is 7.45. The molecule has 0 aromatic heterocycles. The molecule has 0 spiro atoms. The van der Waals surface area contributed by atoms with E-state index in [-0.39, 0.29) is 5.91 Å². The van der Waals surface area contributed by atoms with Crippen LogP contribution in [-0.2, 0) is 4.79 Å². The predicted octanol–water partition coefficient (Wildman–Crippen LogP) is 1.34. The third-order valence-electron chi connectivity index (χ3n) is 3.41. The van der Waals surface area contributed by atoms with Gasteiger partial charge >= 0.3 is 0 Å². The Balaban J connectivity index is 2.37. The summed E-state index contributed by atoms with van der Waals surface area (Å²) < 4.78 is 0.329. The fourth-order valence-corrected chi connectivity index (χ4v) is 3.16. The minimum Gasteiger partial charge on any atom is -0.393 e. The van der Waals surface area contributed by atoms with E-state index in [2.05, 4.69) is 18.7 Å². The van der Waals surface area contributed by atoms with Crippen molar-refractivity contribution in [3.05, 3.63) is 0 Å². The van der Waals surface area contributed by atoms with Crippen molar-refractivity contribution < 1.29 is 4.79 Å². The van der Waals surface area contributed by atoms with E-state index in [1.54, 1.807) is 4.90 Å². The van der Waals surface area contributed by atoms with Crippen LogP contribution in [-0.4, -0.2) is 64.4 Å². The number of carbonyl (C=O) groups is 1. The number of carbonyl (C=O) groups excluding carboxylic acids is 1. The van der Waals surface area contributed by atoms with E-state index in [4.69, 9.17) is 18.0 Å². The number of nitrogens with two attached hydrogens (primary N) is 1. The number of hydrogen-bond donors (Lipinski definition) is 1. The minimum atomic E-state index is 0.154. The molecule has 19 heavy (non-hydrogen) atoms. The Morgan fingerprint density at radius 3 is 2.79 bits per heavy atom. The lowest BCUT2D eigenvalue weighted by molar-refractivity contribution is -0.131. The lowest BCUT2D eigenvalue weighted by Gasteiger charge is -2.24. The van der Waals surface area contributed by atoms with Crippen LogP contribution < -0.4 is 5.73 Å². The first-order chi connectivity index (χ1) is 8.80. The number of thioether (sulfide) groups is 1. The molecule has 0 bridgehead atoms. The second-order valence-corrected chi connectivity index (χ2v) is 7.99. The van der Waals surface area contributed by atoms with Crippen LogP contribution in [0.3, 0.4) is 0 Å². The van der Waals surface area contributed by atoms with Gasteiger partial charge < -0.3 is 10.6 Å². The van der Waals surface area contributed by atoms with Crippen LogP contribution in [0.5, 0.6) is 0 Å². The molecule has 1 aliphatic heterocycles. The Morgan fingerprint density at radius 1 is 1.47 bits per heavy atom. The summed E-state index contributed by atoms with van der Waals surface area (Å²) in [7, 11) is 1.82. The summed E-state index contributed by atoms with van der Waals surface area (Å²) in [6, 6.07) is 0. The van der Waals surface area contributed by atoms with Gasteiger partial charge in [-0.25, -0.2) is 0 Å². The zero-order valence-electron chi connectivity index (χ0n) is 12.1. The number of thiocarbonyl (C=S) groups is 1. The van der Waals surface area contributed by atoms with Crippen LogP contribution in [0.1, 0.15) is 26.7 Å². The quantitative estimate of drug-likeness (QED) is 0.777. The molecule has 1 saturated heterocycles. The fourth-order valence-electron chi connectivity index (χ4n) is 1.94. The highest BCUT2D eigenvalue weighted by Gasteiger charge is 2.25. The van der Waals surface area contributed by atoms with E-state index in [9.17, 15) is 4.79 Å². The number of hydrogen-bond acceptors (Lipinski definition) is 4. The lowest BCUT2D eigenvalue weighted by Crippen LogP contribution is -2.40. The summed E-state index contributed by atoms with van der Waals surface area (Å²) in [4.78, 5) is 16.5. The normalized spacial score (nSPS) is 19.7. The Hall–Kier alpha value is -0.330. The minimum absolute atomic E-state index is 0.154. The Bertz CT molecular complexity index is 334. The molecular weight excluding hydrogens is 278 g/mol. The molecule has 0 unspecified atom stereocenters. The summed E-state index contributed by atoms with van der Waals surface area (Å²) in [5, 5.41) is 0. The Kier molecular flexibility index (Phi) is 6.56. The van der Waals surface area contributed by atoms with Gasteiger partial charge in [0.05, 0.1) is 11.5 Å². The average molecular weight is 303 g/mol. The summed E-state index contributed by atoms with van der Waals surface area (Å²) >= 11 is 6.83. The molecule has 0 aromatic carbocycles. The maximum atomic E-state index is 12.1. The van der Waals surface area contributed by atoms with Crippen molar-refractivity contribution in [2.45, 2.75) is 31.4 Å². The van der Waals surface area contributed by atoms with Gasteiger partial charge in [0, 0.05) is 43.6 Å². The highest BCUT2D eigenvalue weighted by atomic mass is 32.2. The highest BCUT2D eigenvalue weighted by molar-refractivity contribution is 8.00. The smallest absolute Gasteiger partial charge is 0.236 e. The van der Waals surface area contributed by atoms with E-state index in [1.165, 1.54) is 0 Å². The van der Waals surface area contributed by atoms with Crippen LogP contribution in [0.4, 0.5) is 0 Å². The summed E-state index contributed by atoms with van der Waals surface area (Å²) in [5.41, 5.74) is 5.46. The molecular formula is C13H25N3OS2. The molecule has 110 valence electrons. The Labute approximate surface area is 126 Å². The number of amides is 1. The SMILES string of the molecule is CN(CCC(N)=S)C(=O)CN1CCSC(C)(C)CC1. The maximum Gasteiger partial charge on any atom is 0.236 e. The van der Waals surface area contributed by atoms with Crippen molar-refractivity contribution in [1.82, 2.24) is 9.80 Å². The predicted molar refractivity (Wildman–Crippen MR) is 86.6 cm³/mol. The molecule has 1 amide bonds. The standard InChI is InChI=1S/C13H25N3OS2/c1-13(2)5-7-16(8-9-19-13)10-12(17)15(3)6-4-11(14)18/h4-10H2,1-3H3,(H2,14,18). The molecule has 1 rings (SSSR count). The van der Waals surface area contributed by atoms with Crippen LogP contribution in [0.15, 0.2) is 0 Å². The molecule has 0 aliphatic carbocycles. The average Bonchev–Trinajstić information content (AvgIpc) is 2.47. The number of rotatable bonds is 5. The lowest BCUT2D eigenvalue weighted by atomic mass is 10.1. The van der Waals surface area contributed by atoms with Crippen molar-refractivity contribution in [3.8, 4) is 0 Å². The topological polar surface area (TPSA) is 49.6 Å². The van der Waals surface area contributed by atoms with Gasteiger partial charge in [0.2, 0.25) is 5.91 Å². The maximum absolute atomic E-state index is 12.1. The van der Waals surface area contributed by atoms with Crippen LogP contribution in [0.2, 0.25) is 0 Å². The highest BCUT2D eigenvalue weighted by Crippen LogP contribution is 2.30. The van der Waals surface area contributed by atoms with Crippen molar-refractivity contribution in [2.75, 3.05) is 39.0 Å². The molecule has 1 heterocycles. The van der Waals surface area contributed by atoms with Crippen molar-refractivity contribution in [3.63, 3.8) is 0 Å². The Morgan fingerprint density at radius 2 is 2.16 bits per heavy atom. The van der Waals surface area contributed by atoms with Crippen molar-refractivity contribution in [1.29, 1.82) is 0 Å². The van der Waals surface area contributed by atoms with E-state index >= 15 is 0 Å². The molecule has 4 nitrogen and oxygen atoms in total. The van der Waals surface area contributed by atoms with Crippen molar-refractivity contribution >= 4 is 34.9 Å². The van der Waals surface area contributed by atoms with E-state index in [1.807, 2.05) is 18.8 Å². The van der Waals surface area contributed by atoms with Gasteiger partial charge in [-0.05, 0) is 6.42 Å². The van der Waals surface area contributed by atoms with Gasteiger partial charge in [0.15, 0.2) is 0 Å². The molecule has 0 atom stereocenters. The van der Waals surface area contributed by atoms with Crippen molar-refractivity contribution in [2.24, 2.45) is 5.73 Å². The van der Waals surface area contributed by atoms with Gasteiger partial charge in [-0.15, -0.1) is 0 Å². The van der Waals surface area contributed by atoms with Crippen LogP contribution in [0, 0.1) is 0 Å². The summed E-state index contributed by atoms with van der Waals surface area (Å²) in [6.45, 7) is 7.65. The fraction of sp³-hybridized carbons (Fsp3) is 0.846. The van der Waals surface area contributed by atoms with Gasteiger partial charge in [-0.3, -0.25) is 9.69 Å². The largest absolute Gasteiger partial charge is 0.393 e. The van der Waals surface area contributed by atoms with Crippen LogP contribution in [0.25, 0.3) is 0 Å². The third-order valence-corrected chi connectivity index (χ3v) is 4.99. The molecule has 0 aromatic rings. The van der Waals surface area contributed by atoms with Crippen LogP contribution >= 0.6 is 24.0 Å². The van der Waals surface area contributed by atoms with E-state index < -0.39 is 0 Å². The first kappa shape index (κ1) is 16.7. The van der Waals surface area contributed by atoms with Gasteiger partial charge in [0.1, 0.15) is 0 Å². The second-order valence-electron chi connectivity index (χ2n) is 5.67. The molecule has 2 N–H and O–H groups in total. The number of nitrogens with zero attached hydrogens (tertiary/aromatic N) is 2. The first-order valence-corrected chi connectivity index (χ1v) is 8.08. The summed E-state index contributed by atoms with van der Waals surface area (Å²) in [6.07, 6.45) is 1.72. The summed E-state index contributed by atoms with van der Waals surface area (Å²) in [5.74, 6) is 1.25. The molecule has 0 radical (unpaired) electrons. The molecule has 1 fully saturated rings. The zero-order valence-corrected chi connectivity index (χ0v) is 13.8. The van der Waals surface area contributed by atoms with Gasteiger partial charge in [0.25, 0.3) is 0 Å². The zero-order chi connectivity index (χ0) is 14.5. The number of likely N-dealkylation sites (N-methyl/N-ethyl adjacent to an activating group) is 1. The first-order valence-electron chi connectivity index (χ1n) is 6.69. The van der Waals surface area contributed by atoms with Gasteiger partial charge in [-0.2, -0.15) is 11.8 Å². The monoisotopic (exact) mass is 303 g/mol.